The monoisotopic (exact) mass is 467 g/mol. The summed E-state index contributed by atoms with van der Waals surface area (Å²) in [6.45, 7) is 3.46. The summed E-state index contributed by atoms with van der Waals surface area (Å²) >= 11 is 1.60. The minimum absolute atomic E-state index is 0.229. The third-order valence-electron chi connectivity index (χ3n) is 5.91. The number of carbonyl (C=O) groups is 1. The van der Waals surface area contributed by atoms with Gasteiger partial charge in [0.1, 0.15) is 5.82 Å². The standard InChI is InChI=1S/C24H26FN5O2S/c1-2-32-24(31)30-12-9-15(10-13-30)22-29-20(16-4-3-5-17(25)14-16)21(33-22)19-8-11-26-23(28-19)27-18-6-7-18/h3-5,8,11,14-15,18H,2,6-7,9-10,12-13H2,1H3,(H,26,27,28). The van der Waals surface area contributed by atoms with Crippen molar-refractivity contribution in [2.75, 3.05) is 25.0 Å². The van der Waals surface area contributed by atoms with E-state index in [9.17, 15) is 9.18 Å². The number of hydrogen-bond acceptors (Lipinski definition) is 7. The molecule has 1 aliphatic carbocycles. The van der Waals surface area contributed by atoms with Gasteiger partial charge in [0.05, 0.1) is 27.9 Å². The van der Waals surface area contributed by atoms with Crippen LogP contribution in [0.3, 0.4) is 0 Å². The predicted octanol–water partition coefficient (Wildman–Crippen LogP) is 5.32. The molecular formula is C24H26FN5O2S. The molecule has 2 fully saturated rings. The Morgan fingerprint density at radius 2 is 2.03 bits per heavy atom. The van der Waals surface area contributed by atoms with Gasteiger partial charge in [0.2, 0.25) is 5.95 Å². The molecule has 3 aromatic rings. The van der Waals surface area contributed by atoms with Crippen LogP contribution in [0.1, 0.15) is 43.5 Å². The highest BCUT2D eigenvalue weighted by atomic mass is 32.1. The topological polar surface area (TPSA) is 80.2 Å². The number of amides is 1. The van der Waals surface area contributed by atoms with Gasteiger partial charge < -0.3 is 15.0 Å². The maximum absolute atomic E-state index is 14.0. The Morgan fingerprint density at radius 3 is 2.76 bits per heavy atom. The number of piperidine rings is 1. The summed E-state index contributed by atoms with van der Waals surface area (Å²) in [4.78, 5) is 28.8. The molecule has 0 radical (unpaired) electrons. The van der Waals surface area contributed by atoms with Crippen molar-refractivity contribution in [3.8, 4) is 21.8 Å². The number of carbonyl (C=O) groups excluding carboxylic acids is 1. The number of ether oxygens (including phenoxy) is 1. The number of rotatable bonds is 6. The second-order valence-electron chi connectivity index (χ2n) is 8.38. The number of likely N-dealkylation sites (tertiary alicyclic amines) is 1. The molecule has 33 heavy (non-hydrogen) atoms. The molecule has 3 heterocycles. The first-order valence-corrected chi connectivity index (χ1v) is 12.2. The van der Waals surface area contributed by atoms with Crippen molar-refractivity contribution in [1.29, 1.82) is 0 Å². The highest BCUT2D eigenvalue weighted by Crippen LogP contribution is 2.41. The average molecular weight is 468 g/mol. The number of hydrogen-bond donors (Lipinski definition) is 1. The summed E-state index contributed by atoms with van der Waals surface area (Å²) in [5.74, 6) is 0.542. The first-order chi connectivity index (χ1) is 16.1. The van der Waals surface area contributed by atoms with Crippen molar-refractivity contribution in [3.05, 3.63) is 47.4 Å². The van der Waals surface area contributed by atoms with Gasteiger partial charge in [-0.1, -0.05) is 12.1 Å². The number of benzene rings is 1. The summed E-state index contributed by atoms with van der Waals surface area (Å²) in [5, 5.41) is 4.33. The number of thiazole rings is 1. The van der Waals surface area contributed by atoms with Crippen molar-refractivity contribution in [3.63, 3.8) is 0 Å². The van der Waals surface area contributed by atoms with Crippen molar-refractivity contribution in [2.45, 2.75) is 44.6 Å². The fraction of sp³-hybridized carbons (Fsp3) is 0.417. The number of nitrogens with one attached hydrogen (secondary N) is 1. The molecule has 1 N–H and O–H groups in total. The minimum Gasteiger partial charge on any atom is -0.450 e. The van der Waals surface area contributed by atoms with Crippen molar-refractivity contribution >= 4 is 23.4 Å². The number of halogens is 1. The van der Waals surface area contributed by atoms with Crippen LogP contribution in [0.15, 0.2) is 36.5 Å². The van der Waals surface area contributed by atoms with Gasteiger partial charge in [-0.05, 0) is 50.8 Å². The Bertz CT molecular complexity index is 1140. The number of nitrogens with zero attached hydrogens (tertiary/aromatic N) is 4. The van der Waals surface area contributed by atoms with Crippen LogP contribution in [0.25, 0.3) is 21.8 Å². The van der Waals surface area contributed by atoms with Gasteiger partial charge in [0.15, 0.2) is 0 Å². The molecule has 1 amide bonds. The first kappa shape index (κ1) is 21.8. The van der Waals surface area contributed by atoms with Gasteiger partial charge in [0.25, 0.3) is 0 Å². The van der Waals surface area contributed by atoms with E-state index in [4.69, 9.17) is 14.7 Å². The Balaban J connectivity index is 1.45. The normalized spacial score (nSPS) is 16.6. The molecule has 2 aliphatic rings. The molecular weight excluding hydrogens is 441 g/mol. The van der Waals surface area contributed by atoms with E-state index in [-0.39, 0.29) is 17.8 Å². The zero-order chi connectivity index (χ0) is 22.8. The van der Waals surface area contributed by atoms with Gasteiger partial charge in [-0.25, -0.2) is 24.1 Å². The summed E-state index contributed by atoms with van der Waals surface area (Å²) in [7, 11) is 0. The van der Waals surface area contributed by atoms with Gasteiger partial charge in [0, 0.05) is 36.8 Å². The van der Waals surface area contributed by atoms with Crippen LogP contribution >= 0.6 is 11.3 Å². The third kappa shape index (κ3) is 4.98. The first-order valence-electron chi connectivity index (χ1n) is 11.4. The summed E-state index contributed by atoms with van der Waals surface area (Å²) in [6, 6.07) is 8.84. The molecule has 2 aromatic heterocycles. The smallest absolute Gasteiger partial charge is 0.409 e. The van der Waals surface area contributed by atoms with Crippen LogP contribution in [-0.2, 0) is 4.74 Å². The lowest BCUT2D eigenvalue weighted by Crippen LogP contribution is -2.38. The summed E-state index contributed by atoms with van der Waals surface area (Å²) in [5.41, 5.74) is 2.24. The lowest BCUT2D eigenvalue weighted by atomic mass is 9.98. The second kappa shape index (κ2) is 9.43. The molecule has 0 bridgehead atoms. The molecule has 1 aromatic carbocycles. The van der Waals surface area contributed by atoms with Crippen LogP contribution in [0.5, 0.6) is 0 Å². The molecule has 5 rings (SSSR count). The minimum atomic E-state index is -0.297. The predicted molar refractivity (Wildman–Crippen MR) is 126 cm³/mol. The SMILES string of the molecule is CCOC(=O)N1CCC(c2nc(-c3cccc(F)c3)c(-c3ccnc(NC4CC4)n3)s2)CC1. The maximum Gasteiger partial charge on any atom is 0.409 e. The Labute approximate surface area is 196 Å². The Morgan fingerprint density at radius 1 is 1.21 bits per heavy atom. The second-order valence-corrected chi connectivity index (χ2v) is 9.42. The molecule has 0 unspecified atom stereocenters. The fourth-order valence-corrected chi connectivity index (χ4v) is 5.23. The van der Waals surface area contributed by atoms with E-state index in [1.165, 1.54) is 12.1 Å². The van der Waals surface area contributed by atoms with Gasteiger partial charge in [-0.3, -0.25) is 0 Å². The lowest BCUT2D eigenvalue weighted by Gasteiger charge is -2.30. The quantitative estimate of drug-likeness (QED) is 0.529. The van der Waals surface area contributed by atoms with Crippen molar-refractivity contribution in [1.82, 2.24) is 19.9 Å². The number of aromatic nitrogens is 3. The Kier molecular flexibility index (Phi) is 6.22. The molecule has 1 saturated carbocycles. The fourth-order valence-electron chi connectivity index (χ4n) is 4.01. The molecule has 9 heteroatoms. The van der Waals surface area contributed by atoms with E-state index in [2.05, 4.69) is 10.3 Å². The third-order valence-corrected chi connectivity index (χ3v) is 7.15. The highest BCUT2D eigenvalue weighted by Gasteiger charge is 2.29. The molecule has 0 spiro atoms. The van der Waals surface area contributed by atoms with Crippen LogP contribution in [-0.4, -0.2) is 51.7 Å². The number of anilines is 1. The molecule has 1 aliphatic heterocycles. The van der Waals surface area contributed by atoms with Crippen LogP contribution in [0.2, 0.25) is 0 Å². The van der Waals surface area contributed by atoms with E-state index in [1.54, 1.807) is 28.5 Å². The van der Waals surface area contributed by atoms with Crippen molar-refractivity contribution in [2.24, 2.45) is 0 Å². The highest BCUT2D eigenvalue weighted by molar-refractivity contribution is 7.15. The van der Waals surface area contributed by atoms with E-state index in [0.717, 1.165) is 52.5 Å². The Hall–Kier alpha value is -3.07. The van der Waals surface area contributed by atoms with Crippen LogP contribution < -0.4 is 5.32 Å². The van der Waals surface area contributed by atoms with E-state index in [1.807, 2.05) is 19.1 Å². The summed E-state index contributed by atoms with van der Waals surface area (Å²) in [6.07, 6.45) is 5.39. The van der Waals surface area contributed by atoms with Crippen LogP contribution in [0, 0.1) is 5.82 Å². The van der Waals surface area contributed by atoms with E-state index < -0.39 is 0 Å². The van der Waals surface area contributed by atoms with Crippen molar-refractivity contribution < 1.29 is 13.9 Å². The van der Waals surface area contributed by atoms with Crippen LogP contribution in [0.4, 0.5) is 15.1 Å². The molecule has 7 nitrogen and oxygen atoms in total. The zero-order valence-corrected chi connectivity index (χ0v) is 19.3. The summed E-state index contributed by atoms with van der Waals surface area (Å²) < 4.78 is 19.2. The maximum atomic E-state index is 14.0. The zero-order valence-electron chi connectivity index (χ0n) is 18.5. The van der Waals surface area contributed by atoms with E-state index in [0.29, 0.717) is 31.7 Å². The average Bonchev–Trinajstić information content (AvgIpc) is 3.53. The molecule has 0 atom stereocenters. The lowest BCUT2D eigenvalue weighted by molar-refractivity contribution is 0.0970. The molecule has 1 saturated heterocycles. The van der Waals surface area contributed by atoms with Gasteiger partial charge in [-0.2, -0.15) is 0 Å². The molecule has 172 valence electrons. The van der Waals surface area contributed by atoms with E-state index >= 15 is 0 Å². The largest absolute Gasteiger partial charge is 0.450 e. The van der Waals surface area contributed by atoms with Gasteiger partial charge in [-0.15, -0.1) is 11.3 Å². The van der Waals surface area contributed by atoms with Gasteiger partial charge >= 0.3 is 6.09 Å².